The highest BCUT2D eigenvalue weighted by atomic mass is 79.9. The van der Waals surface area contributed by atoms with Crippen molar-refractivity contribution < 1.29 is 19.1 Å². The summed E-state index contributed by atoms with van der Waals surface area (Å²) in [5, 5.41) is 8.52. The summed E-state index contributed by atoms with van der Waals surface area (Å²) in [6, 6.07) is 21.2. The quantitative estimate of drug-likeness (QED) is 0.259. The Kier molecular flexibility index (Phi) is 10.3. The number of carbonyl (C=O) groups excluding carboxylic acids is 2. The van der Waals surface area contributed by atoms with Gasteiger partial charge in [-0.2, -0.15) is 0 Å². The molecule has 0 aromatic heterocycles. The first-order valence-corrected chi connectivity index (χ1v) is 12.6. The van der Waals surface area contributed by atoms with Gasteiger partial charge in [-0.05, 0) is 89.0 Å². The van der Waals surface area contributed by atoms with E-state index in [-0.39, 0.29) is 23.5 Å². The lowest BCUT2D eigenvalue weighted by atomic mass is 10.1. The molecule has 9 heteroatoms. The molecule has 7 nitrogen and oxygen atoms in total. The van der Waals surface area contributed by atoms with Crippen LogP contribution in [0.15, 0.2) is 77.3 Å². The number of amides is 2. The molecule has 0 heterocycles. The Bertz CT molecular complexity index is 1200. The smallest absolute Gasteiger partial charge is 0.262 e. The minimum Gasteiger partial charge on any atom is -0.492 e. The molecule has 0 saturated heterocycles. The maximum atomic E-state index is 12.6. The number of rotatable bonds is 10. The van der Waals surface area contributed by atoms with Crippen molar-refractivity contribution in [1.82, 2.24) is 5.32 Å². The van der Waals surface area contributed by atoms with E-state index in [0.717, 1.165) is 6.42 Å². The number of thiocarbonyl (C=S) groups is 1. The Hall–Kier alpha value is -3.43. The number of anilines is 2. The van der Waals surface area contributed by atoms with E-state index in [9.17, 15) is 9.59 Å². The van der Waals surface area contributed by atoms with Gasteiger partial charge in [0, 0.05) is 16.9 Å². The van der Waals surface area contributed by atoms with E-state index in [1.54, 1.807) is 54.6 Å². The van der Waals surface area contributed by atoms with Crippen LogP contribution in [0.1, 0.15) is 30.6 Å². The van der Waals surface area contributed by atoms with Gasteiger partial charge in [0.25, 0.3) is 11.8 Å². The van der Waals surface area contributed by atoms with Crippen LogP contribution in [0.2, 0.25) is 0 Å². The third-order valence-corrected chi connectivity index (χ3v) is 5.72. The van der Waals surface area contributed by atoms with Crippen LogP contribution in [0.25, 0.3) is 0 Å². The molecule has 0 fully saturated rings. The van der Waals surface area contributed by atoms with Gasteiger partial charge >= 0.3 is 0 Å². The largest absolute Gasteiger partial charge is 0.492 e. The molecular formula is C27H28BrN3O4S. The number of carbonyl (C=O) groups is 2. The molecule has 3 N–H and O–H groups in total. The van der Waals surface area contributed by atoms with E-state index in [4.69, 9.17) is 21.7 Å². The lowest BCUT2D eigenvalue weighted by Gasteiger charge is -2.13. The van der Waals surface area contributed by atoms with Crippen molar-refractivity contribution in [2.45, 2.75) is 20.3 Å². The molecule has 0 atom stereocenters. The fraction of sp³-hybridized carbons (Fsp3) is 0.222. The number of hydrogen-bond acceptors (Lipinski definition) is 5. The molecule has 0 unspecified atom stereocenters. The van der Waals surface area contributed by atoms with Crippen molar-refractivity contribution in [3.05, 3.63) is 82.8 Å². The fourth-order valence-electron chi connectivity index (χ4n) is 3.04. The van der Waals surface area contributed by atoms with Crippen LogP contribution in [0.4, 0.5) is 11.4 Å². The molecule has 188 valence electrons. The maximum Gasteiger partial charge on any atom is 0.262 e. The molecular weight excluding hydrogens is 542 g/mol. The average Bonchev–Trinajstić information content (AvgIpc) is 2.84. The summed E-state index contributed by atoms with van der Waals surface area (Å²) in [5.74, 6) is 1.19. The Morgan fingerprint density at radius 2 is 1.64 bits per heavy atom. The zero-order chi connectivity index (χ0) is 25.9. The van der Waals surface area contributed by atoms with Gasteiger partial charge in [0.2, 0.25) is 0 Å². The van der Waals surface area contributed by atoms with Gasteiger partial charge in [0.15, 0.2) is 11.7 Å². The summed E-state index contributed by atoms with van der Waals surface area (Å²) in [6.07, 6.45) is 0.945. The Labute approximate surface area is 224 Å². The van der Waals surface area contributed by atoms with Gasteiger partial charge in [-0.25, -0.2) is 0 Å². The van der Waals surface area contributed by atoms with Crippen LogP contribution in [-0.4, -0.2) is 30.1 Å². The topological polar surface area (TPSA) is 88.7 Å². The van der Waals surface area contributed by atoms with E-state index in [2.05, 4.69) is 45.7 Å². The van der Waals surface area contributed by atoms with Crippen LogP contribution >= 0.6 is 28.1 Å². The zero-order valence-corrected chi connectivity index (χ0v) is 22.4. The van der Waals surface area contributed by atoms with Crippen LogP contribution < -0.4 is 25.4 Å². The second-order valence-corrected chi connectivity index (χ2v) is 9.58. The van der Waals surface area contributed by atoms with E-state index in [1.807, 2.05) is 18.2 Å². The van der Waals surface area contributed by atoms with Crippen molar-refractivity contribution in [3.63, 3.8) is 0 Å². The summed E-state index contributed by atoms with van der Waals surface area (Å²) in [5.41, 5.74) is 1.60. The van der Waals surface area contributed by atoms with Crippen LogP contribution in [0.3, 0.4) is 0 Å². The lowest BCUT2D eigenvalue weighted by molar-refractivity contribution is -0.118. The first-order chi connectivity index (χ1) is 17.3. The van der Waals surface area contributed by atoms with Gasteiger partial charge in [-0.3, -0.25) is 14.9 Å². The van der Waals surface area contributed by atoms with Crippen molar-refractivity contribution >= 4 is 56.4 Å². The Balaban J connectivity index is 1.50. The summed E-state index contributed by atoms with van der Waals surface area (Å²) >= 11 is 8.75. The molecule has 0 aliphatic rings. The van der Waals surface area contributed by atoms with E-state index in [0.29, 0.717) is 45.4 Å². The van der Waals surface area contributed by atoms with Crippen molar-refractivity contribution in [2.24, 2.45) is 5.92 Å². The highest BCUT2D eigenvalue weighted by molar-refractivity contribution is 9.10. The van der Waals surface area contributed by atoms with Crippen molar-refractivity contribution in [3.8, 4) is 11.5 Å². The predicted octanol–water partition coefficient (Wildman–Crippen LogP) is 6.02. The maximum absolute atomic E-state index is 12.6. The fourth-order valence-corrected chi connectivity index (χ4v) is 3.74. The second-order valence-electron chi connectivity index (χ2n) is 8.32. The van der Waals surface area contributed by atoms with Crippen molar-refractivity contribution in [1.29, 1.82) is 0 Å². The standard InChI is InChI=1S/C27H28BrN3O4S/c1-18(2)13-14-34-24-12-11-19(15-23(24)28)26(33)31-27(36)30-21-8-6-7-20(16-21)29-25(32)17-35-22-9-4-3-5-10-22/h3-12,15-16,18H,13-14,17H2,1-2H3,(H,29,32)(H2,30,31,33,36). The summed E-state index contributed by atoms with van der Waals surface area (Å²) in [4.78, 5) is 24.9. The molecule has 2 amide bonds. The molecule has 0 saturated carbocycles. The van der Waals surface area contributed by atoms with Gasteiger partial charge in [-0.1, -0.05) is 38.1 Å². The molecule has 3 aromatic rings. The third-order valence-electron chi connectivity index (χ3n) is 4.89. The predicted molar refractivity (Wildman–Crippen MR) is 150 cm³/mol. The zero-order valence-electron chi connectivity index (χ0n) is 20.0. The van der Waals surface area contributed by atoms with Gasteiger partial charge in [0.1, 0.15) is 11.5 Å². The Morgan fingerprint density at radius 1 is 0.917 bits per heavy atom. The normalized spacial score (nSPS) is 10.4. The van der Waals surface area contributed by atoms with E-state index < -0.39 is 0 Å². The number of hydrogen-bond donors (Lipinski definition) is 3. The molecule has 0 aliphatic heterocycles. The number of halogens is 1. The average molecular weight is 571 g/mol. The summed E-state index contributed by atoms with van der Waals surface area (Å²) < 4.78 is 11.9. The summed E-state index contributed by atoms with van der Waals surface area (Å²) in [7, 11) is 0. The number of nitrogens with one attached hydrogen (secondary N) is 3. The SMILES string of the molecule is CC(C)CCOc1ccc(C(=O)NC(=S)Nc2cccc(NC(=O)COc3ccccc3)c2)cc1Br. The lowest BCUT2D eigenvalue weighted by Crippen LogP contribution is -2.34. The van der Waals surface area contributed by atoms with Crippen LogP contribution in [0, 0.1) is 5.92 Å². The molecule has 0 spiro atoms. The Morgan fingerprint density at radius 3 is 2.33 bits per heavy atom. The monoisotopic (exact) mass is 569 g/mol. The number of para-hydroxylation sites is 1. The second kappa shape index (κ2) is 13.6. The first kappa shape index (κ1) is 27.2. The summed E-state index contributed by atoms with van der Waals surface area (Å²) in [6.45, 7) is 4.76. The molecule has 0 aliphatic carbocycles. The highest BCUT2D eigenvalue weighted by Gasteiger charge is 2.12. The molecule has 3 rings (SSSR count). The minimum absolute atomic E-state index is 0.118. The molecule has 0 bridgehead atoms. The van der Waals surface area contributed by atoms with Gasteiger partial charge in [-0.15, -0.1) is 0 Å². The van der Waals surface area contributed by atoms with Crippen LogP contribution in [-0.2, 0) is 4.79 Å². The molecule has 36 heavy (non-hydrogen) atoms. The highest BCUT2D eigenvalue weighted by Crippen LogP contribution is 2.26. The van der Waals surface area contributed by atoms with E-state index in [1.165, 1.54) is 0 Å². The van der Waals surface area contributed by atoms with E-state index >= 15 is 0 Å². The van der Waals surface area contributed by atoms with Gasteiger partial charge in [0.05, 0.1) is 11.1 Å². The van der Waals surface area contributed by atoms with Crippen LogP contribution in [0.5, 0.6) is 11.5 Å². The number of ether oxygens (including phenoxy) is 2. The third kappa shape index (κ3) is 8.98. The first-order valence-electron chi connectivity index (χ1n) is 11.4. The molecule has 3 aromatic carbocycles. The van der Waals surface area contributed by atoms with Crippen molar-refractivity contribution in [2.75, 3.05) is 23.8 Å². The number of benzene rings is 3. The molecule has 0 radical (unpaired) electrons. The van der Waals surface area contributed by atoms with Gasteiger partial charge < -0.3 is 20.1 Å². The minimum atomic E-state index is -0.357.